The molecule has 0 aromatic carbocycles. The normalized spacial score (nSPS) is 27.4. The minimum absolute atomic E-state index is 0.0807. The summed E-state index contributed by atoms with van der Waals surface area (Å²) in [5, 5.41) is 9.27. The summed E-state index contributed by atoms with van der Waals surface area (Å²) in [6, 6.07) is 2.06. The van der Waals surface area contributed by atoms with E-state index < -0.39 is 10.0 Å². The van der Waals surface area contributed by atoms with Crippen molar-refractivity contribution < 1.29 is 13.2 Å². The fourth-order valence-electron chi connectivity index (χ4n) is 3.96. The number of aryl methyl sites for hydroxylation is 1. The molecule has 8 heteroatoms. The number of rotatable bonds is 5. The number of aromatic nitrogens is 2. The number of ether oxygens (including phenoxy) is 1. The zero-order valence-corrected chi connectivity index (χ0v) is 15.1. The Labute approximate surface area is 144 Å². The van der Waals surface area contributed by atoms with Gasteiger partial charge in [-0.1, -0.05) is 0 Å². The third kappa shape index (κ3) is 3.99. The van der Waals surface area contributed by atoms with E-state index in [1.165, 1.54) is 0 Å². The molecule has 0 amide bonds. The smallest absolute Gasteiger partial charge is 0.212 e. The van der Waals surface area contributed by atoms with Crippen molar-refractivity contribution in [2.24, 2.45) is 11.1 Å². The van der Waals surface area contributed by atoms with Crippen molar-refractivity contribution in [2.75, 3.05) is 26.2 Å². The van der Waals surface area contributed by atoms with Gasteiger partial charge in [0.05, 0.1) is 10.9 Å². The van der Waals surface area contributed by atoms with Crippen molar-refractivity contribution in [3.63, 3.8) is 0 Å². The molecule has 0 aliphatic carbocycles. The topological polar surface area (TPSA) is 90.4 Å². The summed E-state index contributed by atoms with van der Waals surface area (Å²) < 4.78 is 31.1. The number of piperidine rings is 1. The van der Waals surface area contributed by atoms with Gasteiger partial charge in [-0.15, -0.1) is 0 Å². The van der Waals surface area contributed by atoms with Gasteiger partial charge in [0, 0.05) is 31.8 Å². The molecule has 7 nitrogen and oxygen atoms in total. The second kappa shape index (κ2) is 7.51. The minimum Gasteiger partial charge on any atom is -0.372 e. The van der Waals surface area contributed by atoms with E-state index in [0.717, 1.165) is 51.3 Å². The van der Waals surface area contributed by atoms with Crippen LogP contribution in [0.1, 0.15) is 44.4 Å². The number of hydrogen-bond donors (Lipinski definition) is 1. The lowest BCUT2D eigenvalue weighted by Crippen LogP contribution is -2.44. The molecule has 0 bridgehead atoms. The second-order valence-corrected chi connectivity index (χ2v) is 8.70. The molecule has 2 saturated heterocycles. The van der Waals surface area contributed by atoms with Crippen LogP contribution in [0.25, 0.3) is 0 Å². The Balaban J connectivity index is 1.63. The molecule has 0 saturated carbocycles. The van der Waals surface area contributed by atoms with Crippen LogP contribution in [0.2, 0.25) is 0 Å². The highest BCUT2D eigenvalue weighted by Crippen LogP contribution is 2.34. The van der Waals surface area contributed by atoms with Crippen LogP contribution < -0.4 is 5.14 Å². The number of hydrogen-bond acceptors (Lipinski definition) is 5. The van der Waals surface area contributed by atoms with Crippen LogP contribution in [0.15, 0.2) is 12.3 Å². The van der Waals surface area contributed by atoms with E-state index in [2.05, 4.69) is 23.0 Å². The molecule has 0 spiro atoms. The quantitative estimate of drug-likeness (QED) is 0.854. The van der Waals surface area contributed by atoms with Crippen molar-refractivity contribution in [1.82, 2.24) is 14.7 Å². The monoisotopic (exact) mass is 356 g/mol. The number of nitrogens with zero attached hydrogens (tertiary/aromatic N) is 3. The molecule has 136 valence electrons. The Morgan fingerprint density at radius 1 is 1.33 bits per heavy atom. The van der Waals surface area contributed by atoms with Crippen LogP contribution in [0.4, 0.5) is 0 Å². The number of sulfonamides is 1. The van der Waals surface area contributed by atoms with Gasteiger partial charge in [-0.25, -0.2) is 13.6 Å². The van der Waals surface area contributed by atoms with Crippen LogP contribution in [-0.4, -0.2) is 54.6 Å². The van der Waals surface area contributed by atoms with Crippen molar-refractivity contribution >= 4 is 10.0 Å². The molecule has 2 atom stereocenters. The van der Waals surface area contributed by atoms with E-state index >= 15 is 0 Å². The summed E-state index contributed by atoms with van der Waals surface area (Å²) in [5.74, 6) is 0.423. The second-order valence-electron chi connectivity index (χ2n) is 6.85. The summed E-state index contributed by atoms with van der Waals surface area (Å²) >= 11 is 0. The highest BCUT2D eigenvalue weighted by molar-refractivity contribution is 7.89. The van der Waals surface area contributed by atoms with Crippen molar-refractivity contribution in [3.8, 4) is 0 Å². The lowest BCUT2D eigenvalue weighted by molar-refractivity contribution is -0.0448. The van der Waals surface area contributed by atoms with Gasteiger partial charge in [-0.2, -0.15) is 5.10 Å². The summed E-state index contributed by atoms with van der Waals surface area (Å²) in [4.78, 5) is 2.36. The third-order valence-corrected chi connectivity index (χ3v) is 6.68. The van der Waals surface area contributed by atoms with Crippen molar-refractivity contribution in [2.45, 2.75) is 50.5 Å². The van der Waals surface area contributed by atoms with Crippen LogP contribution in [0.3, 0.4) is 0 Å². The summed E-state index contributed by atoms with van der Waals surface area (Å²) in [7, 11) is -3.40. The Kier molecular flexibility index (Phi) is 5.59. The molecule has 2 N–H and O–H groups in total. The van der Waals surface area contributed by atoms with Crippen LogP contribution in [0, 0.1) is 5.92 Å². The third-order valence-electron chi connectivity index (χ3n) is 5.28. The van der Waals surface area contributed by atoms with Crippen molar-refractivity contribution in [1.29, 1.82) is 0 Å². The fraction of sp³-hybridized carbons (Fsp3) is 0.812. The first-order valence-corrected chi connectivity index (χ1v) is 10.5. The lowest BCUT2D eigenvalue weighted by Gasteiger charge is -2.38. The van der Waals surface area contributed by atoms with Gasteiger partial charge >= 0.3 is 0 Å². The largest absolute Gasteiger partial charge is 0.372 e. The number of nitrogens with two attached hydrogens (primary N) is 1. The van der Waals surface area contributed by atoms with Gasteiger partial charge in [-0.05, 0) is 51.8 Å². The Morgan fingerprint density at radius 2 is 2.08 bits per heavy atom. The molecular weight excluding hydrogens is 328 g/mol. The van der Waals surface area contributed by atoms with Gasteiger partial charge in [0.25, 0.3) is 0 Å². The SMILES string of the molecule is CCn1nccc1[C@@H]1OCCC[C@H]1CN1CCC(S(N)(=O)=O)CC1. The summed E-state index contributed by atoms with van der Waals surface area (Å²) in [6.45, 7) is 6.25. The van der Waals surface area contributed by atoms with Crippen LogP contribution >= 0.6 is 0 Å². The van der Waals surface area contributed by atoms with E-state index in [1.807, 2.05) is 10.9 Å². The average Bonchev–Trinajstić information content (AvgIpc) is 3.03. The van der Waals surface area contributed by atoms with E-state index in [-0.39, 0.29) is 11.4 Å². The molecule has 0 radical (unpaired) electrons. The molecule has 2 aliphatic heterocycles. The summed E-state index contributed by atoms with van der Waals surface area (Å²) in [6.07, 6.45) is 5.39. The molecular formula is C16H28N4O3S. The van der Waals surface area contributed by atoms with Gasteiger partial charge in [0.2, 0.25) is 10.0 Å². The van der Waals surface area contributed by atoms with Gasteiger partial charge in [0.15, 0.2) is 0 Å². The zero-order valence-electron chi connectivity index (χ0n) is 14.3. The maximum atomic E-state index is 11.5. The summed E-state index contributed by atoms with van der Waals surface area (Å²) in [5.41, 5.74) is 1.15. The first kappa shape index (κ1) is 17.8. The Hall–Kier alpha value is -0.960. The van der Waals surface area contributed by atoms with E-state index in [0.29, 0.717) is 18.8 Å². The highest BCUT2D eigenvalue weighted by Gasteiger charge is 2.33. The fourth-order valence-corrected chi connectivity index (χ4v) is 4.83. The molecule has 2 aliphatic rings. The molecule has 2 fully saturated rings. The van der Waals surface area contributed by atoms with E-state index in [9.17, 15) is 8.42 Å². The molecule has 3 heterocycles. The van der Waals surface area contributed by atoms with E-state index in [4.69, 9.17) is 9.88 Å². The molecule has 1 aromatic heterocycles. The van der Waals surface area contributed by atoms with Gasteiger partial charge in [-0.3, -0.25) is 4.68 Å². The molecule has 0 unspecified atom stereocenters. The zero-order chi connectivity index (χ0) is 17.2. The number of primary sulfonamides is 1. The van der Waals surface area contributed by atoms with Crippen molar-refractivity contribution in [3.05, 3.63) is 18.0 Å². The van der Waals surface area contributed by atoms with Gasteiger partial charge in [0.1, 0.15) is 6.10 Å². The lowest BCUT2D eigenvalue weighted by atomic mass is 9.91. The first-order chi connectivity index (χ1) is 11.5. The standard InChI is InChI=1S/C16H28N4O3S/c1-2-20-15(5-8-18-20)16-13(4-3-11-23-16)12-19-9-6-14(7-10-19)24(17,21)22/h5,8,13-14,16H,2-4,6-7,9-12H2,1H3,(H2,17,21,22)/t13-,16+/m0/s1. The molecule has 3 rings (SSSR count). The Bertz CT molecular complexity index is 638. The number of likely N-dealkylation sites (tertiary alicyclic amines) is 1. The van der Waals surface area contributed by atoms with Crippen LogP contribution in [0.5, 0.6) is 0 Å². The predicted molar refractivity (Wildman–Crippen MR) is 91.9 cm³/mol. The minimum atomic E-state index is -3.40. The maximum Gasteiger partial charge on any atom is 0.212 e. The highest BCUT2D eigenvalue weighted by atomic mass is 32.2. The first-order valence-electron chi connectivity index (χ1n) is 8.86. The Morgan fingerprint density at radius 3 is 2.75 bits per heavy atom. The predicted octanol–water partition coefficient (Wildman–Crippen LogP) is 1.12. The maximum absolute atomic E-state index is 11.5. The molecule has 24 heavy (non-hydrogen) atoms. The van der Waals surface area contributed by atoms with Gasteiger partial charge < -0.3 is 9.64 Å². The van der Waals surface area contributed by atoms with Crippen LogP contribution in [-0.2, 0) is 21.3 Å². The van der Waals surface area contributed by atoms with E-state index in [1.54, 1.807) is 0 Å². The molecule has 1 aromatic rings. The average molecular weight is 356 g/mol.